The molecule has 0 heterocycles. The molecule has 0 radical (unpaired) electrons. The Labute approximate surface area is 222 Å². The zero-order valence-corrected chi connectivity index (χ0v) is 21.1. The lowest BCUT2D eigenvalue weighted by Gasteiger charge is -2.08. The predicted molar refractivity (Wildman–Crippen MR) is 146 cm³/mol. The first-order valence-electron chi connectivity index (χ1n) is 11.3. The molecule has 7 nitrogen and oxygen atoms in total. The van der Waals surface area contributed by atoms with Crippen molar-refractivity contribution in [1.82, 2.24) is 5.43 Å². The maximum atomic E-state index is 12.5. The van der Waals surface area contributed by atoms with Gasteiger partial charge < -0.3 is 10.1 Å². The molecule has 0 unspecified atom stereocenters. The molecule has 37 heavy (non-hydrogen) atoms. The predicted octanol–water partition coefficient (Wildman–Crippen LogP) is 5.61. The van der Waals surface area contributed by atoms with E-state index in [1.165, 1.54) is 6.21 Å². The van der Waals surface area contributed by atoms with E-state index in [0.717, 1.165) is 10.0 Å². The van der Waals surface area contributed by atoms with Crippen molar-refractivity contribution in [1.29, 1.82) is 0 Å². The van der Waals surface area contributed by atoms with E-state index >= 15 is 0 Å². The van der Waals surface area contributed by atoms with Gasteiger partial charge in [0, 0.05) is 26.9 Å². The zero-order valence-electron chi connectivity index (χ0n) is 19.6. The fourth-order valence-corrected chi connectivity index (χ4v) is 3.60. The number of benzene rings is 4. The highest BCUT2D eigenvalue weighted by atomic mass is 79.9. The lowest BCUT2D eigenvalue weighted by Crippen LogP contribution is -2.18. The second-order valence-corrected chi connectivity index (χ2v) is 8.83. The molecule has 184 valence electrons. The van der Waals surface area contributed by atoms with Crippen LogP contribution in [0.3, 0.4) is 0 Å². The number of ether oxygens (including phenoxy) is 1. The number of anilines is 1. The van der Waals surface area contributed by atoms with E-state index < -0.39 is 11.9 Å². The SMILES string of the molecule is O=C(Cc1ccccc1)Oc1ccccc1/C=N\NC(=O)c1ccc(NC(=O)c2ccc(Br)cc2)cc1. The topological polar surface area (TPSA) is 96.9 Å². The van der Waals surface area contributed by atoms with Gasteiger partial charge >= 0.3 is 5.97 Å². The summed E-state index contributed by atoms with van der Waals surface area (Å²) in [7, 11) is 0. The summed E-state index contributed by atoms with van der Waals surface area (Å²) in [6.45, 7) is 0. The van der Waals surface area contributed by atoms with Gasteiger partial charge in [0.2, 0.25) is 0 Å². The normalized spacial score (nSPS) is 10.6. The maximum Gasteiger partial charge on any atom is 0.315 e. The van der Waals surface area contributed by atoms with Crippen LogP contribution in [0.2, 0.25) is 0 Å². The minimum Gasteiger partial charge on any atom is -0.426 e. The average Bonchev–Trinajstić information content (AvgIpc) is 2.91. The number of esters is 1. The van der Waals surface area contributed by atoms with Crippen LogP contribution in [0.4, 0.5) is 5.69 Å². The molecule has 4 aromatic carbocycles. The molecule has 0 bridgehead atoms. The summed E-state index contributed by atoms with van der Waals surface area (Å²) in [6.07, 6.45) is 1.55. The summed E-state index contributed by atoms with van der Waals surface area (Å²) in [4.78, 5) is 37.2. The van der Waals surface area contributed by atoms with Gasteiger partial charge in [0.05, 0.1) is 12.6 Å². The largest absolute Gasteiger partial charge is 0.426 e. The minimum absolute atomic E-state index is 0.142. The van der Waals surface area contributed by atoms with E-state index in [0.29, 0.717) is 28.1 Å². The molecule has 0 aromatic heterocycles. The van der Waals surface area contributed by atoms with Gasteiger partial charge in [-0.05, 0) is 66.2 Å². The number of amides is 2. The van der Waals surface area contributed by atoms with Crippen molar-refractivity contribution in [3.63, 3.8) is 0 Å². The molecule has 0 aliphatic rings. The molecular weight excluding hydrogens is 534 g/mol. The number of rotatable bonds is 8. The molecule has 2 amide bonds. The van der Waals surface area contributed by atoms with Crippen LogP contribution in [0, 0.1) is 0 Å². The lowest BCUT2D eigenvalue weighted by atomic mass is 10.1. The van der Waals surface area contributed by atoms with Gasteiger partial charge in [0.25, 0.3) is 11.8 Å². The molecule has 0 aliphatic carbocycles. The first kappa shape index (κ1) is 25.5. The fraction of sp³-hybridized carbons (Fsp3) is 0.0345. The van der Waals surface area contributed by atoms with Crippen molar-refractivity contribution in [3.05, 3.63) is 130 Å². The number of para-hydroxylation sites is 1. The van der Waals surface area contributed by atoms with Crippen molar-refractivity contribution in [3.8, 4) is 5.75 Å². The number of nitrogens with one attached hydrogen (secondary N) is 2. The third-order valence-electron chi connectivity index (χ3n) is 5.22. The van der Waals surface area contributed by atoms with Crippen LogP contribution in [0.25, 0.3) is 0 Å². The Balaban J connectivity index is 1.32. The molecule has 0 atom stereocenters. The zero-order chi connectivity index (χ0) is 26.0. The van der Waals surface area contributed by atoms with Gasteiger partial charge in [-0.1, -0.05) is 58.4 Å². The van der Waals surface area contributed by atoms with E-state index in [1.807, 2.05) is 30.3 Å². The Kier molecular flexibility index (Phi) is 8.57. The summed E-state index contributed by atoms with van der Waals surface area (Å²) < 4.78 is 6.38. The summed E-state index contributed by atoms with van der Waals surface area (Å²) >= 11 is 3.34. The molecule has 0 saturated carbocycles. The van der Waals surface area contributed by atoms with Gasteiger partial charge in [-0.3, -0.25) is 14.4 Å². The minimum atomic E-state index is -0.430. The Morgan fingerprint density at radius 2 is 1.38 bits per heavy atom. The van der Waals surface area contributed by atoms with Crippen LogP contribution < -0.4 is 15.5 Å². The summed E-state index contributed by atoms with van der Waals surface area (Å²) in [5, 5.41) is 6.79. The van der Waals surface area contributed by atoms with Gasteiger partial charge in [-0.2, -0.15) is 5.10 Å². The van der Waals surface area contributed by atoms with Crippen molar-refractivity contribution in [2.75, 3.05) is 5.32 Å². The number of hydrazone groups is 1. The number of hydrogen-bond acceptors (Lipinski definition) is 5. The van der Waals surface area contributed by atoms with Gasteiger partial charge in [0.1, 0.15) is 5.75 Å². The summed E-state index contributed by atoms with van der Waals surface area (Å²) in [5.74, 6) is -0.742. The van der Waals surface area contributed by atoms with E-state index in [1.54, 1.807) is 72.8 Å². The molecule has 2 N–H and O–H groups in total. The van der Waals surface area contributed by atoms with Crippen LogP contribution in [0.1, 0.15) is 31.8 Å². The van der Waals surface area contributed by atoms with E-state index in [-0.39, 0.29) is 12.3 Å². The highest BCUT2D eigenvalue weighted by Gasteiger charge is 2.10. The standard InChI is InChI=1S/C29H22BrN3O4/c30-24-14-10-21(11-15-24)28(35)32-25-16-12-22(13-17-25)29(36)33-31-19-23-8-4-5-9-26(23)37-27(34)18-20-6-2-1-3-7-20/h1-17,19H,18H2,(H,32,35)(H,33,36)/b31-19-. The van der Waals surface area contributed by atoms with Crippen LogP contribution in [0.5, 0.6) is 5.75 Å². The van der Waals surface area contributed by atoms with E-state index in [9.17, 15) is 14.4 Å². The van der Waals surface area contributed by atoms with Gasteiger partial charge in [-0.25, -0.2) is 5.43 Å². The average molecular weight is 556 g/mol. The van der Waals surface area contributed by atoms with Crippen molar-refractivity contribution in [2.24, 2.45) is 5.10 Å². The molecule has 0 aliphatic heterocycles. The Morgan fingerprint density at radius 3 is 2.11 bits per heavy atom. The smallest absolute Gasteiger partial charge is 0.315 e. The molecule has 8 heteroatoms. The molecule has 4 aromatic rings. The molecule has 0 saturated heterocycles. The van der Waals surface area contributed by atoms with Gasteiger partial charge in [-0.15, -0.1) is 0 Å². The van der Waals surface area contributed by atoms with Crippen LogP contribution in [-0.2, 0) is 11.2 Å². The third-order valence-corrected chi connectivity index (χ3v) is 5.74. The Bertz CT molecular complexity index is 1420. The number of hydrogen-bond donors (Lipinski definition) is 2. The second kappa shape index (κ2) is 12.4. The van der Waals surface area contributed by atoms with Crippen LogP contribution in [0.15, 0.2) is 113 Å². The molecule has 0 fully saturated rings. The number of nitrogens with zero attached hydrogens (tertiary/aromatic N) is 1. The Hall–Kier alpha value is -4.56. The maximum absolute atomic E-state index is 12.5. The molecular formula is C29H22BrN3O4. The quantitative estimate of drug-likeness (QED) is 0.128. The second-order valence-electron chi connectivity index (χ2n) is 7.91. The number of carbonyl (C=O) groups is 3. The monoisotopic (exact) mass is 555 g/mol. The van der Waals surface area contributed by atoms with E-state index in [2.05, 4.69) is 31.8 Å². The van der Waals surface area contributed by atoms with E-state index in [4.69, 9.17) is 4.74 Å². The van der Waals surface area contributed by atoms with Crippen molar-refractivity contribution < 1.29 is 19.1 Å². The summed E-state index contributed by atoms with van der Waals surface area (Å²) in [5.41, 5.74) is 5.28. The van der Waals surface area contributed by atoms with Crippen LogP contribution in [-0.4, -0.2) is 24.0 Å². The highest BCUT2D eigenvalue weighted by molar-refractivity contribution is 9.10. The van der Waals surface area contributed by atoms with Crippen LogP contribution >= 0.6 is 15.9 Å². The number of halogens is 1. The number of carbonyl (C=O) groups excluding carboxylic acids is 3. The first-order valence-corrected chi connectivity index (χ1v) is 12.1. The van der Waals surface area contributed by atoms with Crippen molar-refractivity contribution >= 4 is 45.6 Å². The first-order chi connectivity index (χ1) is 18.0. The molecule has 4 rings (SSSR count). The summed E-state index contributed by atoms with van der Waals surface area (Å²) in [6, 6.07) is 29.7. The lowest BCUT2D eigenvalue weighted by molar-refractivity contribution is -0.133. The third kappa shape index (κ3) is 7.46. The highest BCUT2D eigenvalue weighted by Crippen LogP contribution is 2.17. The fourth-order valence-electron chi connectivity index (χ4n) is 3.34. The van der Waals surface area contributed by atoms with Crippen molar-refractivity contribution in [2.45, 2.75) is 6.42 Å². The van der Waals surface area contributed by atoms with Gasteiger partial charge in [0.15, 0.2) is 0 Å². The molecule has 0 spiro atoms. The Morgan fingerprint density at radius 1 is 0.757 bits per heavy atom.